The zero-order valence-electron chi connectivity index (χ0n) is 15.5. The molecule has 2 aromatic carbocycles. The van der Waals surface area contributed by atoms with Crippen LogP contribution in [-0.4, -0.2) is 38.5 Å². The zero-order valence-corrected chi connectivity index (χ0v) is 16.3. The van der Waals surface area contributed by atoms with E-state index in [0.717, 1.165) is 5.56 Å². The highest BCUT2D eigenvalue weighted by Gasteiger charge is 2.30. The van der Waals surface area contributed by atoms with Gasteiger partial charge >= 0.3 is 0 Å². The fraction of sp³-hybridized carbons (Fsp3) is 0.300. The number of benzene rings is 2. The van der Waals surface area contributed by atoms with Gasteiger partial charge in [-0.2, -0.15) is 0 Å². The Hall–Kier alpha value is -2.80. The number of nitrogens with zero attached hydrogens (tertiary/aromatic N) is 1. The van der Waals surface area contributed by atoms with Gasteiger partial charge in [-0.3, -0.25) is 4.79 Å². The SMILES string of the molecule is COc1ccc(CCNC(=O)[C@@H]2CC(c3c(F)cccc3Cl)=NO2)cc1OC. The molecule has 148 valence electrons. The van der Waals surface area contributed by atoms with Crippen molar-refractivity contribution in [3.8, 4) is 11.5 Å². The van der Waals surface area contributed by atoms with Crippen molar-refractivity contribution < 1.29 is 23.5 Å². The molecule has 1 amide bonds. The summed E-state index contributed by atoms with van der Waals surface area (Å²) in [5.41, 5.74) is 1.48. The number of halogens is 2. The molecule has 1 heterocycles. The molecule has 0 saturated heterocycles. The van der Waals surface area contributed by atoms with Gasteiger partial charge in [-0.1, -0.05) is 28.9 Å². The van der Waals surface area contributed by atoms with Gasteiger partial charge in [0.1, 0.15) is 5.82 Å². The summed E-state index contributed by atoms with van der Waals surface area (Å²) in [5.74, 6) is 0.465. The minimum absolute atomic E-state index is 0.156. The van der Waals surface area contributed by atoms with Crippen molar-refractivity contribution in [1.82, 2.24) is 5.32 Å². The molecule has 28 heavy (non-hydrogen) atoms. The molecule has 0 aromatic heterocycles. The monoisotopic (exact) mass is 406 g/mol. The Labute approximate surface area is 167 Å². The normalized spacial score (nSPS) is 15.6. The number of amides is 1. The Morgan fingerprint density at radius 2 is 2.07 bits per heavy atom. The second-order valence-electron chi connectivity index (χ2n) is 6.16. The number of nitrogens with one attached hydrogen (secondary N) is 1. The first-order valence-corrected chi connectivity index (χ1v) is 9.07. The molecule has 0 saturated carbocycles. The number of hydrogen-bond donors (Lipinski definition) is 1. The summed E-state index contributed by atoms with van der Waals surface area (Å²) < 4.78 is 24.5. The summed E-state index contributed by atoms with van der Waals surface area (Å²) in [6.45, 7) is 0.407. The topological polar surface area (TPSA) is 69.2 Å². The number of carbonyl (C=O) groups excluding carboxylic acids is 1. The van der Waals surface area contributed by atoms with Crippen molar-refractivity contribution >= 4 is 23.2 Å². The van der Waals surface area contributed by atoms with Crippen molar-refractivity contribution in [2.45, 2.75) is 18.9 Å². The van der Waals surface area contributed by atoms with E-state index in [1.54, 1.807) is 20.3 Å². The van der Waals surface area contributed by atoms with E-state index < -0.39 is 11.9 Å². The molecular formula is C20H20ClFN2O4. The van der Waals surface area contributed by atoms with E-state index in [-0.39, 0.29) is 22.9 Å². The van der Waals surface area contributed by atoms with Crippen LogP contribution in [0.25, 0.3) is 0 Å². The second kappa shape index (κ2) is 8.93. The molecule has 1 aliphatic heterocycles. The third-order valence-electron chi connectivity index (χ3n) is 4.37. The Morgan fingerprint density at radius 1 is 1.29 bits per heavy atom. The van der Waals surface area contributed by atoms with Crippen LogP contribution < -0.4 is 14.8 Å². The van der Waals surface area contributed by atoms with E-state index in [2.05, 4.69) is 10.5 Å². The molecule has 1 N–H and O–H groups in total. The summed E-state index contributed by atoms with van der Waals surface area (Å²) in [6.07, 6.45) is -0.0507. The standard InChI is InChI=1S/C20H20ClFN2O4/c1-26-16-7-6-12(10-17(16)27-2)8-9-23-20(25)18-11-15(24-28-18)19-13(21)4-3-5-14(19)22/h3-7,10,18H,8-9,11H2,1-2H3,(H,23,25)/t18-/m0/s1. The van der Waals surface area contributed by atoms with Crippen LogP contribution in [0, 0.1) is 5.82 Å². The lowest BCUT2D eigenvalue weighted by Gasteiger charge is -2.11. The highest BCUT2D eigenvalue weighted by atomic mass is 35.5. The van der Waals surface area contributed by atoms with Crippen LogP contribution in [0.5, 0.6) is 11.5 Å². The smallest absolute Gasteiger partial charge is 0.264 e. The lowest BCUT2D eigenvalue weighted by Crippen LogP contribution is -2.36. The Kier molecular flexibility index (Phi) is 6.36. The lowest BCUT2D eigenvalue weighted by molar-refractivity contribution is -0.131. The van der Waals surface area contributed by atoms with Gasteiger partial charge in [-0.15, -0.1) is 0 Å². The van der Waals surface area contributed by atoms with E-state index >= 15 is 0 Å². The van der Waals surface area contributed by atoms with Gasteiger partial charge < -0.3 is 19.6 Å². The predicted molar refractivity (Wildman–Crippen MR) is 104 cm³/mol. The maximum Gasteiger partial charge on any atom is 0.264 e. The van der Waals surface area contributed by atoms with Gasteiger partial charge in [-0.05, 0) is 36.2 Å². The number of ether oxygens (including phenoxy) is 2. The van der Waals surface area contributed by atoms with E-state index in [4.69, 9.17) is 25.9 Å². The van der Waals surface area contributed by atoms with Crippen molar-refractivity contribution in [1.29, 1.82) is 0 Å². The van der Waals surface area contributed by atoms with Gasteiger partial charge in [0, 0.05) is 13.0 Å². The summed E-state index contributed by atoms with van der Waals surface area (Å²) in [4.78, 5) is 17.5. The molecule has 3 rings (SSSR count). The second-order valence-corrected chi connectivity index (χ2v) is 6.57. The first kappa shape index (κ1) is 19.9. The van der Waals surface area contributed by atoms with Crippen LogP contribution in [0.15, 0.2) is 41.6 Å². The van der Waals surface area contributed by atoms with E-state index in [1.165, 1.54) is 12.1 Å². The quantitative estimate of drug-likeness (QED) is 0.765. The highest BCUT2D eigenvalue weighted by molar-refractivity contribution is 6.34. The molecule has 1 aliphatic rings. The zero-order chi connectivity index (χ0) is 20.1. The van der Waals surface area contributed by atoms with Crippen molar-refractivity contribution in [3.05, 3.63) is 58.4 Å². The van der Waals surface area contributed by atoms with Gasteiger partial charge in [0.05, 0.1) is 30.5 Å². The van der Waals surface area contributed by atoms with Crippen LogP contribution in [0.2, 0.25) is 5.02 Å². The van der Waals surface area contributed by atoms with Gasteiger partial charge in [-0.25, -0.2) is 4.39 Å². The van der Waals surface area contributed by atoms with Gasteiger partial charge in [0.25, 0.3) is 5.91 Å². The molecule has 0 radical (unpaired) electrons. The molecule has 1 atom stereocenters. The largest absolute Gasteiger partial charge is 0.493 e. The molecule has 0 fully saturated rings. The Balaban J connectivity index is 1.53. The molecule has 2 aromatic rings. The van der Waals surface area contributed by atoms with E-state index in [0.29, 0.717) is 30.2 Å². The third kappa shape index (κ3) is 4.36. The first-order chi connectivity index (χ1) is 13.5. The van der Waals surface area contributed by atoms with Crippen LogP contribution in [0.4, 0.5) is 4.39 Å². The van der Waals surface area contributed by atoms with Crippen molar-refractivity contribution in [2.24, 2.45) is 5.16 Å². The molecule has 0 aliphatic carbocycles. The Morgan fingerprint density at radius 3 is 2.79 bits per heavy atom. The summed E-state index contributed by atoms with van der Waals surface area (Å²) >= 11 is 6.04. The van der Waals surface area contributed by atoms with Crippen LogP contribution in [-0.2, 0) is 16.1 Å². The molecule has 8 heteroatoms. The fourth-order valence-electron chi connectivity index (χ4n) is 2.92. The minimum atomic E-state index is -0.809. The highest BCUT2D eigenvalue weighted by Crippen LogP contribution is 2.28. The van der Waals surface area contributed by atoms with Crippen LogP contribution in [0.1, 0.15) is 17.5 Å². The predicted octanol–water partition coefficient (Wildman–Crippen LogP) is 3.35. The lowest BCUT2D eigenvalue weighted by atomic mass is 10.0. The molecule has 6 nitrogen and oxygen atoms in total. The van der Waals surface area contributed by atoms with E-state index in [9.17, 15) is 9.18 Å². The van der Waals surface area contributed by atoms with Crippen LogP contribution >= 0.6 is 11.6 Å². The number of methoxy groups -OCH3 is 2. The molecule has 0 unspecified atom stereocenters. The maximum atomic E-state index is 14.0. The summed E-state index contributed by atoms with van der Waals surface area (Å²) in [6, 6.07) is 9.95. The van der Waals surface area contributed by atoms with Gasteiger partial charge in [0.2, 0.25) is 6.10 Å². The summed E-state index contributed by atoms with van der Waals surface area (Å²) in [5, 5.41) is 6.88. The average Bonchev–Trinajstić information content (AvgIpc) is 3.17. The molecule has 0 bridgehead atoms. The molecular weight excluding hydrogens is 387 g/mol. The summed E-state index contributed by atoms with van der Waals surface area (Å²) in [7, 11) is 3.14. The molecule has 0 spiro atoms. The third-order valence-corrected chi connectivity index (χ3v) is 4.69. The van der Waals surface area contributed by atoms with Crippen molar-refractivity contribution in [2.75, 3.05) is 20.8 Å². The van der Waals surface area contributed by atoms with Gasteiger partial charge in [0.15, 0.2) is 11.5 Å². The van der Waals surface area contributed by atoms with E-state index in [1.807, 2.05) is 18.2 Å². The number of rotatable bonds is 7. The van der Waals surface area contributed by atoms with Crippen molar-refractivity contribution in [3.63, 3.8) is 0 Å². The maximum absolute atomic E-state index is 14.0. The Bertz CT molecular complexity index is 884. The number of oxime groups is 1. The minimum Gasteiger partial charge on any atom is -0.493 e. The average molecular weight is 407 g/mol. The number of carbonyl (C=O) groups is 1. The first-order valence-electron chi connectivity index (χ1n) is 8.69. The number of hydrogen-bond acceptors (Lipinski definition) is 5. The fourth-order valence-corrected chi connectivity index (χ4v) is 3.19. The van der Waals surface area contributed by atoms with Crippen LogP contribution in [0.3, 0.4) is 0 Å².